The minimum atomic E-state index is -0.556. The van der Waals surface area contributed by atoms with Gasteiger partial charge in [-0.05, 0) is 0 Å². The first-order valence-electron chi connectivity index (χ1n) is 3.73. The Bertz CT molecular complexity index is 198. The zero-order valence-corrected chi connectivity index (χ0v) is 7.32. The number of rotatable bonds is 3. The van der Waals surface area contributed by atoms with Crippen LogP contribution in [0.3, 0.4) is 0 Å². The summed E-state index contributed by atoms with van der Waals surface area (Å²) in [6.07, 6.45) is 0.294. The van der Waals surface area contributed by atoms with Crippen molar-refractivity contribution >= 4 is 22.8 Å². The van der Waals surface area contributed by atoms with Crippen LogP contribution in [0.15, 0.2) is 0 Å². The van der Waals surface area contributed by atoms with Gasteiger partial charge in [-0.15, -0.1) is 0 Å². The van der Waals surface area contributed by atoms with Gasteiger partial charge in [0.1, 0.15) is 6.67 Å². The molecule has 1 N–H and O–H groups in total. The molecule has 1 saturated heterocycles. The van der Waals surface area contributed by atoms with Crippen molar-refractivity contribution in [1.29, 1.82) is 0 Å². The highest BCUT2D eigenvalue weighted by atomic mass is 32.2. The van der Waals surface area contributed by atoms with Gasteiger partial charge in [0, 0.05) is 18.7 Å². The Morgan fingerprint density at radius 1 is 1.75 bits per heavy atom. The molecule has 0 aliphatic carbocycles. The Morgan fingerprint density at radius 2 is 2.50 bits per heavy atom. The third kappa shape index (κ3) is 2.48. The van der Waals surface area contributed by atoms with Crippen molar-refractivity contribution in [1.82, 2.24) is 5.32 Å². The summed E-state index contributed by atoms with van der Waals surface area (Å²) in [7, 11) is 0. The van der Waals surface area contributed by atoms with Crippen molar-refractivity contribution < 1.29 is 14.0 Å². The molecular weight excluding hydrogens is 181 g/mol. The fraction of sp³-hybridized carbons (Fsp3) is 0.714. The van der Waals surface area contributed by atoms with E-state index in [0.717, 1.165) is 0 Å². The van der Waals surface area contributed by atoms with Gasteiger partial charge in [-0.25, -0.2) is 4.39 Å². The summed E-state index contributed by atoms with van der Waals surface area (Å²) >= 11 is 1.17. The Hall–Kier alpha value is -0.580. The molecule has 0 aromatic rings. The lowest BCUT2D eigenvalue weighted by atomic mass is 10.1. The monoisotopic (exact) mass is 191 g/mol. The fourth-order valence-electron chi connectivity index (χ4n) is 0.996. The highest BCUT2D eigenvalue weighted by molar-refractivity contribution is 8.14. The molecule has 1 heterocycles. The number of halogens is 1. The van der Waals surface area contributed by atoms with Gasteiger partial charge in [0.25, 0.3) is 0 Å². The number of hydrogen-bond acceptors (Lipinski definition) is 3. The van der Waals surface area contributed by atoms with E-state index in [-0.39, 0.29) is 23.5 Å². The van der Waals surface area contributed by atoms with Crippen LogP contribution in [-0.2, 0) is 9.59 Å². The molecule has 1 aliphatic rings. The lowest BCUT2D eigenvalue weighted by Gasteiger charge is -2.06. The Balaban J connectivity index is 2.28. The molecule has 3 nitrogen and oxygen atoms in total. The molecule has 68 valence electrons. The second kappa shape index (κ2) is 4.45. The highest BCUT2D eigenvalue weighted by Gasteiger charge is 2.28. The van der Waals surface area contributed by atoms with E-state index in [1.807, 2.05) is 0 Å². The lowest BCUT2D eigenvalue weighted by molar-refractivity contribution is -0.126. The van der Waals surface area contributed by atoms with Gasteiger partial charge in [-0.3, -0.25) is 9.59 Å². The van der Waals surface area contributed by atoms with Crippen LogP contribution in [0.4, 0.5) is 4.39 Å². The normalized spacial score (nSPS) is 22.8. The third-order valence-electron chi connectivity index (χ3n) is 1.62. The predicted molar refractivity (Wildman–Crippen MR) is 44.6 cm³/mol. The van der Waals surface area contributed by atoms with E-state index in [0.29, 0.717) is 12.2 Å². The molecule has 1 unspecified atom stereocenters. The van der Waals surface area contributed by atoms with Crippen molar-refractivity contribution in [3.05, 3.63) is 0 Å². The molecule has 0 spiro atoms. The quantitative estimate of drug-likeness (QED) is 0.700. The van der Waals surface area contributed by atoms with Gasteiger partial charge in [-0.1, -0.05) is 11.8 Å². The van der Waals surface area contributed by atoms with Gasteiger partial charge in [0.15, 0.2) is 5.12 Å². The number of amides is 1. The molecule has 1 fully saturated rings. The van der Waals surface area contributed by atoms with E-state index in [9.17, 15) is 14.0 Å². The van der Waals surface area contributed by atoms with E-state index in [1.165, 1.54) is 11.8 Å². The van der Waals surface area contributed by atoms with Crippen LogP contribution >= 0.6 is 11.8 Å². The third-order valence-corrected chi connectivity index (χ3v) is 2.68. The number of thioether (sulfide) groups is 1. The van der Waals surface area contributed by atoms with Crippen LogP contribution in [0.25, 0.3) is 0 Å². The van der Waals surface area contributed by atoms with Crippen LogP contribution < -0.4 is 5.32 Å². The van der Waals surface area contributed by atoms with E-state index in [4.69, 9.17) is 0 Å². The summed E-state index contributed by atoms with van der Waals surface area (Å²) in [5, 5.41) is 2.47. The first kappa shape index (κ1) is 9.51. The summed E-state index contributed by atoms with van der Waals surface area (Å²) < 4.78 is 11.6. The van der Waals surface area contributed by atoms with E-state index < -0.39 is 6.67 Å². The first-order valence-corrected chi connectivity index (χ1v) is 4.72. The average Bonchev–Trinajstić information content (AvgIpc) is 2.47. The Morgan fingerprint density at radius 3 is 3.00 bits per heavy atom. The standard InChI is InChI=1S/C7H10FNO2S/c8-1-2-9-7(11)5-3-6(10)12-4-5/h5H,1-4H2,(H,9,11). The van der Waals surface area contributed by atoms with E-state index in [2.05, 4.69) is 5.32 Å². The van der Waals surface area contributed by atoms with Gasteiger partial charge < -0.3 is 5.32 Å². The molecule has 0 radical (unpaired) electrons. The molecule has 1 aliphatic heterocycles. The number of nitrogens with one attached hydrogen (secondary N) is 1. The summed E-state index contributed by atoms with van der Waals surface area (Å²) in [6.45, 7) is -0.506. The second-order valence-corrected chi connectivity index (χ2v) is 3.64. The van der Waals surface area contributed by atoms with Gasteiger partial charge >= 0.3 is 0 Å². The average molecular weight is 191 g/mol. The highest BCUT2D eigenvalue weighted by Crippen LogP contribution is 2.24. The van der Waals surface area contributed by atoms with Crippen LogP contribution in [-0.4, -0.2) is 30.0 Å². The molecule has 12 heavy (non-hydrogen) atoms. The Labute approximate surface area is 74.1 Å². The molecule has 0 aromatic heterocycles. The zero-order valence-electron chi connectivity index (χ0n) is 6.51. The molecule has 1 atom stereocenters. The molecule has 0 aromatic carbocycles. The summed E-state index contributed by atoms with van der Waals surface area (Å²) in [5.41, 5.74) is 0. The van der Waals surface area contributed by atoms with Crippen molar-refractivity contribution in [2.45, 2.75) is 6.42 Å². The first-order chi connectivity index (χ1) is 5.74. The zero-order chi connectivity index (χ0) is 8.97. The largest absolute Gasteiger partial charge is 0.353 e. The summed E-state index contributed by atoms with van der Waals surface area (Å²) in [6, 6.07) is 0. The van der Waals surface area contributed by atoms with E-state index in [1.54, 1.807) is 0 Å². The van der Waals surface area contributed by atoms with Gasteiger partial charge in [0.05, 0.1) is 5.92 Å². The second-order valence-electron chi connectivity index (χ2n) is 2.56. The summed E-state index contributed by atoms with van der Waals surface area (Å²) in [4.78, 5) is 21.8. The maximum atomic E-state index is 11.6. The van der Waals surface area contributed by atoms with Gasteiger partial charge in [0.2, 0.25) is 5.91 Å². The maximum Gasteiger partial charge on any atom is 0.224 e. The van der Waals surface area contributed by atoms with Crippen LogP contribution in [0.1, 0.15) is 6.42 Å². The molecule has 5 heteroatoms. The smallest absolute Gasteiger partial charge is 0.224 e. The molecule has 0 saturated carbocycles. The number of hydrogen-bond donors (Lipinski definition) is 1. The number of alkyl halides is 1. The van der Waals surface area contributed by atoms with E-state index >= 15 is 0 Å². The van der Waals surface area contributed by atoms with Gasteiger partial charge in [-0.2, -0.15) is 0 Å². The Kier molecular flexibility index (Phi) is 3.52. The minimum absolute atomic E-state index is 0.0498. The minimum Gasteiger partial charge on any atom is -0.353 e. The predicted octanol–water partition coefficient (Wildman–Crippen LogP) is 0.352. The molecular formula is C7H10FNO2S. The molecule has 1 rings (SSSR count). The van der Waals surface area contributed by atoms with Crippen molar-refractivity contribution in [2.24, 2.45) is 5.92 Å². The topological polar surface area (TPSA) is 46.2 Å². The molecule has 1 amide bonds. The van der Waals surface area contributed by atoms with Crippen LogP contribution in [0.5, 0.6) is 0 Å². The number of carbonyl (C=O) groups excluding carboxylic acids is 2. The number of carbonyl (C=O) groups is 2. The van der Waals surface area contributed by atoms with Crippen molar-refractivity contribution in [3.8, 4) is 0 Å². The van der Waals surface area contributed by atoms with Crippen LogP contribution in [0.2, 0.25) is 0 Å². The fourth-order valence-corrected chi connectivity index (χ4v) is 1.97. The van der Waals surface area contributed by atoms with Crippen molar-refractivity contribution in [2.75, 3.05) is 19.0 Å². The summed E-state index contributed by atoms with van der Waals surface area (Å²) in [5.74, 6) is 0.0942. The van der Waals surface area contributed by atoms with Crippen molar-refractivity contribution in [3.63, 3.8) is 0 Å². The SMILES string of the molecule is O=C1CC(C(=O)NCCF)CS1. The maximum absolute atomic E-state index is 11.6. The molecule has 0 bridgehead atoms. The van der Waals surface area contributed by atoms with Crippen LogP contribution in [0, 0.1) is 5.92 Å². The lowest BCUT2D eigenvalue weighted by Crippen LogP contribution is -2.32.